The fourth-order valence-corrected chi connectivity index (χ4v) is 2.05. The highest BCUT2D eigenvalue weighted by Crippen LogP contribution is 2.18. The Hall–Kier alpha value is -1.47. The molecule has 6 nitrogen and oxygen atoms in total. The van der Waals surface area contributed by atoms with Gasteiger partial charge in [-0.1, -0.05) is 12.0 Å². The summed E-state index contributed by atoms with van der Waals surface area (Å²) in [5.74, 6) is 0.909. The van der Waals surface area contributed by atoms with Crippen LogP contribution in [0.1, 0.15) is 23.7 Å². The predicted octanol–water partition coefficient (Wildman–Crippen LogP) is 1.46. The number of thiazole rings is 1. The number of anilines is 1. The van der Waals surface area contributed by atoms with Gasteiger partial charge in [0.1, 0.15) is 0 Å². The third-order valence-electron chi connectivity index (χ3n) is 2.23. The van der Waals surface area contributed by atoms with Crippen LogP contribution in [0.4, 0.5) is 6.01 Å². The molecule has 17 heavy (non-hydrogen) atoms. The van der Waals surface area contributed by atoms with E-state index >= 15 is 0 Å². The molecule has 1 unspecified atom stereocenters. The molecule has 2 aromatic rings. The minimum atomic E-state index is 0.328. The zero-order chi connectivity index (χ0) is 12.1. The van der Waals surface area contributed by atoms with E-state index < -0.39 is 0 Å². The van der Waals surface area contributed by atoms with Crippen molar-refractivity contribution >= 4 is 17.4 Å². The van der Waals surface area contributed by atoms with Gasteiger partial charge in [0.2, 0.25) is 5.89 Å². The number of nitrogens with zero attached hydrogens (tertiary/aromatic N) is 3. The lowest BCUT2D eigenvalue weighted by Crippen LogP contribution is -2.09. The molecule has 0 radical (unpaired) electrons. The van der Waals surface area contributed by atoms with Gasteiger partial charge in [-0.15, -0.1) is 16.4 Å². The monoisotopic (exact) mass is 253 g/mol. The highest BCUT2D eigenvalue weighted by molar-refractivity contribution is 7.09. The van der Waals surface area contributed by atoms with Gasteiger partial charge in [-0.3, -0.25) is 0 Å². The maximum atomic E-state index is 5.38. The van der Waals surface area contributed by atoms with Crippen LogP contribution < -0.4 is 10.6 Å². The molecule has 0 fully saturated rings. The molecule has 0 saturated carbocycles. The van der Waals surface area contributed by atoms with Crippen LogP contribution in [0.3, 0.4) is 0 Å². The Balaban J connectivity index is 1.84. The first-order valence-electron chi connectivity index (χ1n) is 5.40. The number of nitrogens with one attached hydrogen (secondary N) is 2. The van der Waals surface area contributed by atoms with E-state index in [2.05, 4.69) is 32.7 Å². The van der Waals surface area contributed by atoms with Crippen LogP contribution in [0.5, 0.6) is 0 Å². The van der Waals surface area contributed by atoms with Gasteiger partial charge in [-0.2, -0.15) is 0 Å². The average Bonchev–Trinajstić information content (AvgIpc) is 2.97. The van der Waals surface area contributed by atoms with E-state index in [0.717, 1.165) is 11.6 Å². The van der Waals surface area contributed by atoms with Gasteiger partial charge in [0, 0.05) is 24.0 Å². The Kier molecular flexibility index (Phi) is 4.05. The Bertz CT molecular complexity index is 441. The summed E-state index contributed by atoms with van der Waals surface area (Å²) in [6.07, 6.45) is 1.81. The van der Waals surface area contributed by atoms with Crippen LogP contribution in [0, 0.1) is 0 Å². The fraction of sp³-hybridized carbons (Fsp3) is 0.500. The molecule has 2 aromatic heterocycles. The summed E-state index contributed by atoms with van der Waals surface area (Å²) in [6.45, 7) is 3.42. The Morgan fingerprint density at radius 3 is 3.06 bits per heavy atom. The predicted molar refractivity (Wildman–Crippen MR) is 66.1 cm³/mol. The highest BCUT2D eigenvalue weighted by atomic mass is 32.1. The van der Waals surface area contributed by atoms with E-state index in [9.17, 15) is 0 Å². The largest absolute Gasteiger partial charge is 0.407 e. The van der Waals surface area contributed by atoms with Crippen molar-refractivity contribution in [3.63, 3.8) is 0 Å². The fourth-order valence-electron chi connectivity index (χ4n) is 1.35. The van der Waals surface area contributed by atoms with Crippen molar-refractivity contribution in [1.29, 1.82) is 0 Å². The van der Waals surface area contributed by atoms with Crippen molar-refractivity contribution < 1.29 is 4.42 Å². The summed E-state index contributed by atoms with van der Waals surface area (Å²) in [5, 5.41) is 16.9. The van der Waals surface area contributed by atoms with Gasteiger partial charge in [-0.05, 0) is 7.05 Å². The zero-order valence-electron chi connectivity index (χ0n) is 9.80. The molecule has 92 valence electrons. The number of hydrogen-bond acceptors (Lipinski definition) is 7. The number of aromatic nitrogens is 3. The number of hydrogen-bond donors (Lipinski definition) is 2. The van der Waals surface area contributed by atoms with Crippen molar-refractivity contribution in [2.45, 2.75) is 19.4 Å². The van der Waals surface area contributed by atoms with Gasteiger partial charge in [-0.25, -0.2) is 4.98 Å². The molecule has 1 atom stereocenters. The van der Waals surface area contributed by atoms with Gasteiger partial charge in [0.05, 0.1) is 11.6 Å². The minimum absolute atomic E-state index is 0.328. The lowest BCUT2D eigenvalue weighted by molar-refractivity contribution is 0.488. The lowest BCUT2D eigenvalue weighted by atomic mass is 10.2. The maximum Gasteiger partial charge on any atom is 0.315 e. The summed E-state index contributed by atoms with van der Waals surface area (Å²) >= 11 is 1.65. The number of rotatable bonds is 6. The molecule has 0 aromatic carbocycles. The van der Waals surface area contributed by atoms with Crippen LogP contribution in [0.15, 0.2) is 16.0 Å². The van der Waals surface area contributed by atoms with Gasteiger partial charge in [0.25, 0.3) is 0 Å². The van der Waals surface area contributed by atoms with Crippen molar-refractivity contribution in [2.75, 3.05) is 18.9 Å². The molecule has 0 aliphatic carbocycles. The molecule has 2 rings (SSSR count). The molecule has 7 heteroatoms. The Morgan fingerprint density at radius 2 is 2.35 bits per heavy atom. The third-order valence-corrected chi connectivity index (χ3v) is 3.23. The van der Waals surface area contributed by atoms with E-state index in [1.807, 2.05) is 18.6 Å². The lowest BCUT2D eigenvalue weighted by Gasteiger charge is -2.07. The molecule has 0 spiro atoms. The van der Waals surface area contributed by atoms with Gasteiger partial charge < -0.3 is 15.1 Å². The minimum Gasteiger partial charge on any atom is -0.407 e. The van der Waals surface area contributed by atoms with E-state index in [-0.39, 0.29) is 0 Å². The van der Waals surface area contributed by atoms with E-state index in [1.54, 1.807) is 11.3 Å². The molecular weight excluding hydrogens is 238 g/mol. The molecule has 0 bridgehead atoms. The maximum absolute atomic E-state index is 5.38. The van der Waals surface area contributed by atoms with Crippen molar-refractivity contribution in [3.8, 4) is 0 Å². The second-order valence-electron chi connectivity index (χ2n) is 3.68. The summed E-state index contributed by atoms with van der Waals surface area (Å²) < 4.78 is 5.38. The zero-order valence-corrected chi connectivity index (χ0v) is 10.6. The molecule has 2 heterocycles. The van der Waals surface area contributed by atoms with Crippen LogP contribution in [-0.2, 0) is 6.54 Å². The summed E-state index contributed by atoms with van der Waals surface area (Å²) in [7, 11) is 1.84. The van der Waals surface area contributed by atoms with Crippen molar-refractivity contribution in [2.24, 2.45) is 0 Å². The molecular formula is C10H15N5OS. The first-order valence-corrected chi connectivity index (χ1v) is 6.28. The Labute approximate surface area is 103 Å². The third kappa shape index (κ3) is 3.24. The second-order valence-corrected chi connectivity index (χ2v) is 4.61. The van der Waals surface area contributed by atoms with Crippen LogP contribution >= 0.6 is 11.3 Å². The van der Waals surface area contributed by atoms with E-state index in [1.165, 1.54) is 0 Å². The molecule has 0 aliphatic rings. The standard InChI is InChI=1S/C10H15N5OS/c1-7(9-12-3-4-17-9)5-13-10-15-14-8(16-10)6-11-2/h3-4,7,11H,5-6H2,1-2H3,(H,13,15). The van der Waals surface area contributed by atoms with Gasteiger partial charge >= 0.3 is 6.01 Å². The topological polar surface area (TPSA) is 75.9 Å². The molecule has 0 saturated heterocycles. The average molecular weight is 253 g/mol. The summed E-state index contributed by atoms with van der Waals surface area (Å²) in [6, 6.07) is 0.457. The van der Waals surface area contributed by atoms with Crippen molar-refractivity contribution in [3.05, 3.63) is 22.5 Å². The molecule has 2 N–H and O–H groups in total. The van der Waals surface area contributed by atoms with Crippen LogP contribution in [0.25, 0.3) is 0 Å². The molecule has 0 aliphatic heterocycles. The van der Waals surface area contributed by atoms with Gasteiger partial charge in [0.15, 0.2) is 0 Å². The summed E-state index contributed by atoms with van der Waals surface area (Å²) in [4.78, 5) is 4.26. The van der Waals surface area contributed by atoms with Crippen molar-refractivity contribution in [1.82, 2.24) is 20.5 Å². The highest BCUT2D eigenvalue weighted by Gasteiger charge is 2.10. The second kappa shape index (κ2) is 5.74. The van der Waals surface area contributed by atoms with Crippen LogP contribution in [-0.4, -0.2) is 28.8 Å². The normalized spacial score (nSPS) is 12.6. The van der Waals surface area contributed by atoms with Crippen LogP contribution in [0.2, 0.25) is 0 Å². The Morgan fingerprint density at radius 1 is 1.47 bits per heavy atom. The summed E-state index contributed by atoms with van der Waals surface area (Å²) in [5.41, 5.74) is 0. The molecule has 0 amide bonds. The van der Waals surface area contributed by atoms with E-state index in [4.69, 9.17) is 4.42 Å². The smallest absolute Gasteiger partial charge is 0.315 e. The first kappa shape index (κ1) is 12.0. The SMILES string of the molecule is CNCc1nnc(NCC(C)c2nccs2)o1. The van der Waals surface area contributed by atoms with E-state index in [0.29, 0.717) is 24.4 Å². The first-order chi connectivity index (χ1) is 8.29. The quantitative estimate of drug-likeness (QED) is 0.811.